The van der Waals surface area contributed by atoms with Crippen molar-refractivity contribution in [2.24, 2.45) is 0 Å². The summed E-state index contributed by atoms with van der Waals surface area (Å²) in [4.78, 5) is 0. The number of aromatic nitrogens is 3. The second kappa shape index (κ2) is 5.18. The molecule has 0 amide bonds. The summed E-state index contributed by atoms with van der Waals surface area (Å²) in [7, 11) is 0. The first-order valence-corrected chi connectivity index (χ1v) is 7.06. The lowest BCUT2D eigenvalue weighted by molar-refractivity contribution is 0.470. The highest BCUT2D eigenvalue weighted by atomic mass is 16.3. The zero-order chi connectivity index (χ0) is 15.9. The largest absolute Gasteiger partial charge is 0.506 e. The van der Waals surface area contributed by atoms with Gasteiger partial charge in [0, 0.05) is 5.56 Å². The van der Waals surface area contributed by atoms with E-state index in [-0.39, 0.29) is 5.75 Å². The molecule has 5 nitrogen and oxygen atoms in total. The molecule has 0 saturated heterocycles. The Hall–Kier alpha value is -2.82. The highest BCUT2D eigenvalue weighted by Crippen LogP contribution is 2.31. The molecule has 3 aromatic rings. The standard InChI is InChI=1S/C17H18N4O/c1-10-4-6-13(12(3)8-10)16-17(18)21(20-19-16)14-9-11(2)5-7-15(14)22/h4-9,22H,18H2,1-3H3. The highest BCUT2D eigenvalue weighted by molar-refractivity contribution is 5.74. The van der Waals surface area contributed by atoms with Crippen LogP contribution in [0.3, 0.4) is 0 Å². The Morgan fingerprint density at radius 1 is 1.00 bits per heavy atom. The molecule has 1 heterocycles. The van der Waals surface area contributed by atoms with Crippen LogP contribution in [0.1, 0.15) is 16.7 Å². The Morgan fingerprint density at radius 2 is 1.68 bits per heavy atom. The summed E-state index contributed by atoms with van der Waals surface area (Å²) in [6.07, 6.45) is 0. The van der Waals surface area contributed by atoms with Crippen molar-refractivity contribution in [2.75, 3.05) is 5.73 Å². The first kappa shape index (κ1) is 14.1. The first-order valence-electron chi connectivity index (χ1n) is 7.06. The second-order valence-electron chi connectivity index (χ2n) is 5.55. The molecule has 5 heteroatoms. The van der Waals surface area contributed by atoms with Crippen LogP contribution in [0.5, 0.6) is 5.75 Å². The normalized spacial score (nSPS) is 10.9. The number of nitrogen functional groups attached to an aromatic ring is 1. The van der Waals surface area contributed by atoms with Crippen molar-refractivity contribution in [3.8, 4) is 22.7 Å². The zero-order valence-electron chi connectivity index (χ0n) is 12.8. The number of anilines is 1. The van der Waals surface area contributed by atoms with Crippen molar-refractivity contribution in [2.45, 2.75) is 20.8 Å². The molecule has 0 aliphatic rings. The van der Waals surface area contributed by atoms with E-state index in [9.17, 15) is 5.11 Å². The van der Waals surface area contributed by atoms with Gasteiger partial charge in [0.05, 0.1) is 0 Å². The van der Waals surface area contributed by atoms with E-state index < -0.39 is 0 Å². The van der Waals surface area contributed by atoms with Crippen molar-refractivity contribution < 1.29 is 5.11 Å². The smallest absolute Gasteiger partial charge is 0.156 e. The molecular formula is C17H18N4O. The van der Waals surface area contributed by atoms with E-state index in [4.69, 9.17) is 5.73 Å². The number of benzene rings is 2. The van der Waals surface area contributed by atoms with E-state index in [1.165, 1.54) is 10.2 Å². The SMILES string of the molecule is Cc1ccc(-c2nnn(-c3cc(C)ccc3O)c2N)c(C)c1. The number of hydrogen-bond donors (Lipinski definition) is 2. The third-order valence-corrected chi connectivity index (χ3v) is 3.70. The molecule has 0 saturated carbocycles. The van der Waals surface area contributed by atoms with Crippen LogP contribution in [0.2, 0.25) is 0 Å². The van der Waals surface area contributed by atoms with E-state index in [1.54, 1.807) is 6.07 Å². The van der Waals surface area contributed by atoms with Gasteiger partial charge in [-0.3, -0.25) is 0 Å². The summed E-state index contributed by atoms with van der Waals surface area (Å²) in [6, 6.07) is 11.4. The maximum absolute atomic E-state index is 10.0. The minimum atomic E-state index is 0.120. The van der Waals surface area contributed by atoms with Crippen molar-refractivity contribution in [1.82, 2.24) is 15.0 Å². The molecule has 0 bridgehead atoms. The lowest BCUT2D eigenvalue weighted by Gasteiger charge is -2.08. The number of nitrogens with zero attached hydrogens (tertiary/aromatic N) is 3. The number of nitrogens with two attached hydrogens (primary N) is 1. The minimum absolute atomic E-state index is 0.120. The number of phenols is 1. The fourth-order valence-electron chi connectivity index (χ4n) is 2.54. The van der Waals surface area contributed by atoms with Gasteiger partial charge in [0.25, 0.3) is 0 Å². The van der Waals surface area contributed by atoms with Crippen LogP contribution in [0, 0.1) is 20.8 Å². The topological polar surface area (TPSA) is 77.0 Å². The third kappa shape index (κ3) is 2.30. The zero-order valence-corrected chi connectivity index (χ0v) is 12.8. The molecule has 0 unspecified atom stereocenters. The van der Waals surface area contributed by atoms with Gasteiger partial charge in [0.2, 0.25) is 0 Å². The molecule has 0 aliphatic heterocycles. The van der Waals surface area contributed by atoms with Gasteiger partial charge >= 0.3 is 0 Å². The second-order valence-corrected chi connectivity index (χ2v) is 5.55. The molecule has 0 atom stereocenters. The molecule has 0 aliphatic carbocycles. The highest BCUT2D eigenvalue weighted by Gasteiger charge is 2.16. The van der Waals surface area contributed by atoms with Crippen LogP contribution in [0.15, 0.2) is 36.4 Å². The summed E-state index contributed by atoms with van der Waals surface area (Å²) < 4.78 is 1.47. The van der Waals surface area contributed by atoms with Crippen molar-refractivity contribution >= 4 is 5.82 Å². The average Bonchev–Trinajstić information content (AvgIpc) is 2.83. The molecule has 22 heavy (non-hydrogen) atoms. The van der Waals surface area contributed by atoms with Crippen LogP contribution >= 0.6 is 0 Å². The number of hydrogen-bond acceptors (Lipinski definition) is 4. The Labute approximate surface area is 129 Å². The molecule has 2 aromatic carbocycles. The summed E-state index contributed by atoms with van der Waals surface area (Å²) in [5.41, 5.74) is 11.6. The number of aryl methyl sites for hydroxylation is 3. The average molecular weight is 294 g/mol. The van der Waals surface area contributed by atoms with Crippen LogP contribution in [0.25, 0.3) is 16.9 Å². The Balaban J connectivity index is 2.15. The van der Waals surface area contributed by atoms with Gasteiger partial charge < -0.3 is 10.8 Å². The number of aromatic hydroxyl groups is 1. The van der Waals surface area contributed by atoms with Gasteiger partial charge in [0.15, 0.2) is 5.82 Å². The minimum Gasteiger partial charge on any atom is -0.506 e. The summed E-state index contributed by atoms with van der Waals surface area (Å²) in [5, 5.41) is 18.3. The van der Waals surface area contributed by atoms with E-state index in [0.717, 1.165) is 16.7 Å². The van der Waals surface area contributed by atoms with E-state index in [1.807, 2.05) is 45.0 Å². The summed E-state index contributed by atoms with van der Waals surface area (Å²) in [6.45, 7) is 6.01. The number of rotatable bonds is 2. The lowest BCUT2D eigenvalue weighted by Crippen LogP contribution is -2.03. The Bertz CT molecular complexity index is 852. The fraction of sp³-hybridized carbons (Fsp3) is 0.176. The predicted molar refractivity (Wildman–Crippen MR) is 87.1 cm³/mol. The maximum atomic E-state index is 10.0. The van der Waals surface area contributed by atoms with Crippen LogP contribution in [-0.4, -0.2) is 20.1 Å². The molecule has 3 N–H and O–H groups in total. The molecule has 0 radical (unpaired) electrons. The summed E-state index contributed by atoms with van der Waals surface area (Å²) >= 11 is 0. The van der Waals surface area contributed by atoms with Crippen LogP contribution in [-0.2, 0) is 0 Å². The molecule has 1 aromatic heterocycles. The van der Waals surface area contributed by atoms with Gasteiger partial charge in [-0.2, -0.15) is 4.68 Å². The van der Waals surface area contributed by atoms with Crippen molar-refractivity contribution in [3.05, 3.63) is 53.1 Å². The van der Waals surface area contributed by atoms with Gasteiger partial charge in [-0.05, 0) is 44.0 Å². The quantitative estimate of drug-likeness (QED) is 0.761. The van der Waals surface area contributed by atoms with Crippen molar-refractivity contribution in [1.29, 1.82) is 0 Å². The molecule has 0 spiro atoms. The maximum Gasteiger partial charge on any atom is 0.156 e. The predicted octanol–water partition coefficient (Wildman–Crippen LogP) is 3.15. The van der Waals surface area contributed by atoms with Crippen LogP contribution < -0.4 is 5.73 Å². The Morgan fingerprint density at radius 3 is 2.41 bits per heavy atom. The molecule has 0 fully saturated rings. The number of phenolic OH excluding ortho intramolecular Hbond substituents is 1. The van der Waals surface area contributed by atoms with E-state index >= 15 is 0 Å². The van der Waals surface area contributed by atoms with Crippen molar-refractivity contribution in [3.63, 3.8) is 0 Å². The molecule has 112 valence electrons. The van der Waals surface area contributed by atoms with Crippen LogP contribution in [0.4, 0.5) is 5.82 Å². The lowest BCUT2D eigenvalue weighted by atomic mass is 10.0. The molecular weight excluding hydrogens is 276 g/mol. The monoisotopic (exact) mass is 294 g/mol. The van der Waals surface area contributed by atoms with E-state index in [0.29, 0.717) is 17.2 Å². The summed E-state index contributed by atoms with van der Waals surface area (Å²) in [5.74, 6) is 0.530. The van der Waals surface area contributed by atoms with Gasteiger partial charge in [-0.15, -0.1) is 5.10 Å². The van der Waals surface area contributed by atoms with Gasteiger partial charge in [0.1, 0.15) is 17.1 Å². The molecule has 3 rings (SSSR count). The fourth-order valence-corrected chi connectivity index (χ4v) is 2.54. The van der Waals surface area contributed by atoms with E-state index in [2.05, 4.69) is 16.4 Å². The van der Waals surface area contributed by atoms with Gasteiger partial charge in [-0.25, -0.2) is 0 Å². The first-order chi connectivity index (χ1) is 10.5. The van der Waals surface area contributed by atoms with Gasteiger partial charge in [-0.1, -0.05) is 35.0 Å². The third-order valence-electron chi connectivity index (χ3n) is 3.70. The Kier molecular flexibility index (Phi) is 3.33.